The molecule has 4 nitrogen and oxygen atoms in total. The van der Waals surface area contributed by atoms with Gasteiger partial charge in [0.05, 0.1) is 22.7 Å². The standard InChI is InChI=1S/C31H18N4/c1-2-4-18-17(3-1)13-24-19(18)5-6-20-21-7-8-28-30(26(21)14-25(20)24)35-29-16-33-11-9-22(29)27-15-32-12-10-23(27)31(35)34-28/h1-12,15-16H,13-14H2. The number of fused-ring (bicyclic) bond motifs is 16. The highest BCUT2D eigenvalue weighted by Gasteiger charge is 2.30. The van der Waals surface area contributed by atoms with E-state index < -0.39 is 0 Å². The first kappa shape index (κ1) is 17.8. The topological polar surface area (TPSA) is 43.1 Å². The van der Waals surface area contributed by atoms with Gasteiger partial charge in [0.15, 0.2) is 0 Å². The summed E-state index contributed by atoms with van der Waals surface area (Å²) in [6.45, 7) is 0. The first-order valence-electron chi connectivity index (χ1n) is 12.0. The summed E-state index contributed by atoms with van der Waals surface area (Å²) < 4.78 is 2.33. The van der Waals surface area contributed by atoms with E-state index in [1.165, 1.54) is 50.0 Å². The summed E-state index contributed by atoms with van der Waals surface area (Å²) in [6.07, 6.45) is 9.58. The van der Waals surface area contributed by atoms with E-state index in [2.05, 4.69) is 75.0 Å². The zero-order chi connectivity index (χ0) is 22.7. The summed E-state index contributed by atoms with van der Waals surface area (Å²) >= 11 is 0. The van der Waals surface area contributed by atoms with Gasteiger partial charge in [-0.3, -0.25) is 14.4 Å². The molecule has 0 aliphatic heterocycles. The normalized spacial score (nSPS) is 13.5. The highest BCUT2D eigenvalue weighted by Crippen LogP contribution is 2.48. The first-order valence-corrected chi connectivity index (χ1v) is 12.0. The zero-order valence-corrected chi connectivity index (χ0v) is 18.8. The average Bonchev–Trinajstić information content (AvgIpc) is 3.59. The highest BCUT2D eigenvalue weighted by atomic mass is 15.0. The molecule has 0 radical (unpaired) electrons. The minimum Gasteiger partial charge on any atom is -0.290 e. The van der Waals surface area contributed by atoms with Crippen LogP contribution in [0.25, 0.3) is 60.6 Å². The van der Waals surface area contributed by atoms with Gasteiger partial charge in [-0.15, -0.1) is 0 Å². The molecule has 0 spiro atoms. The second kappa shape index (κ2) is 6.10. The van der Waals surface area contributed by atoms with E-state index in [0.29, 0.717) is 0 Å². The molecule has 0 amide bonds. The van der Waals surface area contributed by atoms with Crippen molar-refractivity contribution in [2.45, 2.75) is 12.8 Å². The molecule has 2 aliphatic carbocycles. The van der Waals surface area contributed by atoms with Gasteiger partial charge in [0, 0.05) is 41.2 Å². The van der Waals surface area contributed by atoms with Crippen molar-refractivity contribution < 1.29 is 0 Å². The highest BCUT2D eigenvalue weighted by molar-refractivity contribution is 6.14. The number of rotatable bonds is 0. The van der Waals surface area contributed by atoms with E-state index in [0.717, 1.165) is 45.7 Å². The van der Waals surface area contributed by atoms with Gasteiger partial charge in [0.2, 0.25) is 0 Å². The lowest BCUT2D eigenvalue weighted by Crippen LogP contribution is -1.95. The Morgan fingerprint density at radius 1 is 0.600 bits per heavy atom. The molecule has 0 fully saturated rings. The van der Waals surface area contributed by atoms with Crippen LogP contribution < -0.4 is 0 Å². The van der Waals surface area contributed by atoms with Crippen molar-refractivity contribution in [2.24, 2.45) is 0 Å². The monoisotopic (exact) mass is 446 g/mol. The van der Waals surface area contributed by atoms with Crippen LogP contribution in [0.5, 0.6) is 0 Å². The second-order valence-electron chi connectivity index (χ2n) is 9.67. The van der Waals surface area contributed by atoms with E-state index in [9.17, 15) is 0 Å². The number of nitrogens with zero attached hydrogens (tertiary/aromatic N) is 4. The van der Waals surface area contributed by atoms with Crippen LogP contribution in [0.15, 0.2) is 85.5 Å². The van der Waals surface area contributed by atoms with Crippen LogP contribution in [-0.4, -0.2) is 19.4 Å². The third-order valence-electron chi connectivity index (χ3n) is 8.07. The molecule has 0 N–H and O–H groups in total. The Hall–Kier alpha value is -4.57. The minimum absolute atomic E-state index is 0.934. The summed E-state index contributed by atoms with van der Waals surface area (Å²) in [7, 11) is 0. The van der Waals surface area contributed by atoms with Gasteiger partial charge in [-0.05, 0) is 69.1 Å². The van der Waals surface area contributed by atoms with Crippen LogP contribution in [0.4, 0.5) is 0 Å². The van der Waals surface area contributed by atoms with Crippen LogP contribution in [0.3, 0.4) is 0 Å². The zero-order valence-electron chi connectivity index (χ0n) is 18.8. The van der Waals surface area contributed by atoms with Crippen molar-refractivity contribution in [3.8, 4) is 22.3 Å². The number of imidazole rings is 1. The van der Waals surface area contributed by atoms with Crippen LogP contribution in [0.1, 0.15) is 22.3 Å². The van der Waals surface area contributed by atoms with E-state index >= 15 is 0 Å². The Bertz CT molecular complexity index is 2070. The van der Waals surface area contributed by atoms with Gasteiger partial charge in [-0.2, -0.15) is 0 Å². The van der Waals surface area contributed by atoms with E-state index in [-0.39, 0.29) is 0 Å². The van der Waals surface area contributed by atoms with Gasteiger partial charge in [0.25, 0.3) is 0 Å². The Labute approximate surface area is 200 Å². The maximum absolute atomic E-state index is 5.15. The van der Waals surface area contributed by atoms with Crippen molar-refractivity contribution >= 4 is 38.4 Å². The lowest BCUT2D eigenvalue weighted by atomic mass is 9.96. The molecule has 9 rings (SSSR count). The molecule has 7 aromatic rings. The van der Waals surface area contributed by atoms with Gasteiger partial charge < -0.3 is 0 Å². The maximum Gasteiger partial charge on any atom is 0.146 e. The molecule has 3 aromatic carbocycles. The van der Waals surface area contributed by atoms with Crippen LogP contribution in [-0.2, 0) is 12.8 Å². The fraction of sp³-hybridized carbons (Fsp3) is 0.0645. The molecule has 162 valence electrons. The smallest absolute Gasteiger partial charge is 0.146 e. The van der Waals surface area contributed by atoms with E-state index in [1.807, 2.05) is 24.8 Å². The lowest BCUT2D eigenvalue weighted by molar-refractivity contribution is 1.16. The molecule has 0 unspecified atom stereocenters. The van der Waals surface area contributed by atoms with E-state index in [1.54, 1.807) is 0 Å². The Morgan fingerprint density at radius 2 is 1.34 bits per heavy atom. The summed E-state index contributed by atoms with van der Waals surface area (Å²) in [5.41, 5.74) is 15.5. The SMILES string of the molecule is c1ccc2c(c1)Cc1c-2ccc2c1Cc1c-2ccc2nc3c4ccncc4c4ccncc4n3c12. The molecule has 4 heterocycles. The third kappa shape index (κ3) is 2.11. The fourth-order valence-corrected chi connectivity index (χ4v) is 6.58. The third-order valence-corrected chi connectivity index (χ3v) is 8.07. The molecular formula is C31H18N4. The van der Waals surface area contributed by atoms with Crippen molar-refractivity contribution in [2.75, 3.05) is 0 Å². The summed E-state index contributed by atoms with van der Waals surface area (Å²) in [5, 5.41) is 3.39. The number of hydrogen-bond donors (Lipinski definition) is 0. The second-order valence-corrected chi connectivity index (χ2v) is 9.67. The number of aromatic nitrogens is 4. The van der Waals surface area contributed by atoms with Crippen LogP contribution >= 0.6 is 0 Å². The summed E-state index contributed by atoms with van der Waals surface area (Å²) in [6, 6.07) is 22.1. The maximum atomic E-state index is 5.15. The predicted octanol–water partition coefficient (Wildman–Crippen LogP) is 6.73. The van der Waals surface area contributed by atoms with Gasteiger partial charge >= 0.3 is 0 Å². The van der Waals surface area contributed by atoms with Crippen molar-refractivity contribution in [1.29, 1.82) is 0 Å². The average molecular weight is 447 g/mol. The number of benzene rings is 3. The number of hydrogen-bond acceptors (Lipinski definition) is 3. The molecular weight excluding hydrogens is 428 g/mol. The van der Waals surface area contributed by atoms with Gasteiger partial charge in [-0.1, -0.05) is 42.5 Å². The molecule has 0 atom stereocenters. The van der Waals surface area contributed by atoms with Gasteiger partial charge in [-0.25, -0.2) is 4.98 Å². The Balaban J connectivity index is 1.39. The van der Waals surface area contributed by atoms with Gasteiger partial charge in [0.1, 0.15) is 5.65 Å². The van der Waals surface area contributed by atoms with Crippen LogP contribution in [0, 0.1) is 0 Å². The van der Waals surface area contributed by atoms with Crippen molar-refractivity contribution in [3.63, 3.8) is 0 Å². The van der Waals surface area contributed by atoms with Crippen molar-refractivity contribution in [1.82, 2.24) is 19.4 Å². The summed E-state index contributed by atoms with van der Waals surface area (Å²) in [4.78, 5) is 14.0. The molecule has 35 heavy (non-hydrogen) atoms. The Kier molecular flexibility index (Phi) is 3.11. The number of pyridine rings is 3. The molecule has 4 aromatic heterocycles. The lowest BCUT2D eigenvalue weighted by Gasteiger charge is -2.09. The summed E-state index contributed by atoms with van der Waals surface area (Å²) in [5.74, 6) is 0. The Morgan fingerprint density at radius 3 is 2.29 bits per heavy atom. The molecule has 0 saturated carbocycles. The quantitative estimate of drug-likeness (QED) is 0.243. The molecule has 2 aliphatic rings. The first-order chi connectivity index (χ1) is 17.4. The van der Waals surface area contributed by atoms with Crippen LogP contribution in [0.2, 0.25) is 0 Å². The minimum atomic E-state index is 0.934. The fourth-order valence-electron chi connectivity index (χ4n) is 6.58. The predicted molar refractivity (Wildman–Crippen MR) is 140 cm³/mol. The molecule has 0 saturated heterocycles. The van der Waals surface area contributed by atoms with E-state index in [4.69, 9.17) is 4.98 Å². The van der Waals surface area contributed by atoms with Crippen molar-refractivity contribution in [3.05, 3.63) is 108 Å². The molecule has 4 heteroatoms. The largest absolute Gasteiger partial charge is 0.290 e. The molecule has 0 bridgehead atoms.